The predicted octanol–water partition coefficient (Wildman–Crippen LogP) is 2.66. The lowest BCUT2D eigenvalue weighted by molar-refractivity contribution is -0.676. The van der Waals surface area contributed by atoms with Crippen LogP contribution in [0, 0.1) is 5.82 Å². The van der Waals surface area contributed by atoms with Gasteiger partial charge in [0, 0.05) is 17.7 Å². The van der Waals surface area contributed by atoms with Crippen molar-refractivity contribution < 1.29 is 23.9 Å². The minimum Gasteiger partial charge on any atom is -0.493 e. The standard InChI is InChI=1S/C20H24FNO3/c1-23-20-11-15(12-22-13-17-6-4-10-24-17)8-9-19(20)25-14-16-5-2-3-7-18(16)21/h2-3,5,7-9,11,17,22H,4,6,10,12-14H2,1H3/p+1/t17-/m1/s1. The van der Waals surface area contributed by atoms with Crippen molar-refractivity contribution >= 4 is 0 Å². The highest BCUT2D eigenvalue weighted by atomic mass is 19.1. The Labute approximate surface area is 147 Å². The van der Waals surface area contributed by atoms with Gasteiger partial charge in [-0.3, -0.25) is 0 Å². The number of halogens is 1. The van der Waals surface area contributed by atoms with Gasteiger partial charge in [0.2, 0.25) is 0 Å². The van der Waals surface area contributed by atoms with Crippen molar-refractivity contribution in [2.24, 2.45) is 0 Å². The van der Waals surface area contributed by atoms with Crippen LogP contribution in [0.2, 0.25) is 0 Å². The van der Waals surface area contributed by atoms with Crippen LogP contribution in [0.5, 0.6) is 11.5 Å². The molecule has 1 aliphatic heterocycles. The average molecular weight is 346 g/mol. The van der Waals surface area contributed by atoms with Gasteiger partial charge in [-0.15, -0.1) is 0 Å². The molecule has 0 radical (unpaired) electrons. The van der Waals surface area contributed by atoms with Crippen LogP contribution in [0.3, 0.4) is 0 Å². The highest BCUT2D eigenvalue weighted by molar-refractivity contribution is 5.42. The highest BCUT2D eigenvalue weighted by Gasteiger charge is 2.17. The average Bonchev–Trinajstić information content (AvgIpc) is 3.15. The molecule has 0 unspecified atom stereocenters. The second kappa shape index (κ2) is 8.83. The maximum Gasteiger partial charge on any atom is 0.161 e. The first-order valence-corrected chi connectivity index (χ1v) is 8.72. The lowest BCUT2D eigenvalue weighted by Gasteiger charge is -2.13. The Hall–Kier alpha value is -2.11. The fourth-order valence-corrected chi connectivity index (χ4v) is 3.00. The summed E-state index contributed by atoms with van der Waals surface area (Å²) in [4.78, 5) is 0. The second-order valence-corrected chi connectivity index (χ2v) is 6.23. The number of nitrogens with two attached hydrogens (primary N) is 1. The zero-order valence-electron chi connectivity index (χ0n) is 14.5. The van der Waals surface area contributed by atoms with Crippen LogP contribution >= 0.6 is 0 Å². The first-order chi connectivity index (χ1) is 12.3. The van der Waals surface area contributed by atoms with Crippen LogP contribution < -0.4 is 14.8 Å². The molecular weight excluding hydrogens is 321 g/mol. The number of hydrogen-bond acceptors (Lipinski definition) is 3. The summed E-state index contributed by atoms with van der Waals surface area (Å²) in [5, 5.41) is 2.25. The number of rotatable bonds is 8. The van der Waals surface area contributed by atoms with Gasteiger partial charge in [-0.05, 0) is 37.1 Å². The topological polar surface area (TPSA) is 44.3 Å². The van der Waals surface area contributed by atoms with E-state index in [1.807, 2.05) is 18.2 Å². The zero-order valence-corrected chi connectivity index (χ0v) is 14.5. The van der Waals surface area contributed by atoms with E-state index in [9.17, 15) is 4.39 Å². The third kappa shape index (κ3) is 4.94. The first-order valence-electron chi connectivity index (χ1n) is 8.72. The SMILES string of the molecule is COc1cc(C[NH2+]C[C@H]2CCCO2)ccc1OCc1ccccc1F. The molecule has 0 bridgehead atoms. The summed E-state index contributed by atoms with van der Waals surface area (Å²) >= 11 is 0. The van der Waals surface area contributed by atoms with Gasteiger partial charge in [-0.1, -0.05) is 18.2 Å². The lowest BCUT2D eigenvalue weighted by atomic mass is 10.2. The van der Waals surface area contributed by atoms with Gasteiger partial charge in [0.15, 0.2) is 11.5 Å². The largest absolute Gasteiger partial charge is 0.493 e. The normalized spacial score (nSPS) is 16.8. The maximum atomic E-state index is 13.7. The summed E-state index contributed by atoms with van der Waals surface area (Å²) < 4.78 is 30.5. The molecule has 4 nitrogen and oxygen atoms in total. The van der Waals surface area contributed by atoms with Crippen molar-refractivity contribution in [2.45, 2.75) is 32.1 Å². The Kier molecular flexibility index (Phi) is 6.25. The quantitative estimate of drug-likeness (QED) is 0.799. The highest BCUT2D eigenvalue weighted by Crippen LogP contribution is 2.28. The van der Waals surface area contributed by atoms with E-state index < -0.39 is 0 Å². The smallest absolute Gasteiger partial charge is 0.161 e. The molecule has 25 heavy (non-hydrogen) atoms. The van der Waals surface area contributed by atoms with Crippen molar-refractivity contribution in [3.05, 3.63) is 59.4 Å². The second-order valence-electron chi connectivity index (χ2n) is 6.23. The molecular formula is C20H25FNO3+. The number of hydrogen-bond donors (Lipinski definition) is 1. The Balaban J connectivity index is 1.56. The van der Waals surface area contributed by atoms with Crippen molar-refractivity contribution in [1.29, 1.82) is 0 Å². The Morgan fingerprint density at radius 1 is 1.20 bits per heavy atom. The number of benzene rings is 2. The van der Waals surface area contributed by atoms with E-state index in [1.165, 1.54) is 12.5 Å². The molecule has 1 aliphatic rings. The Morgan fingerprint density at radius 2 is 2.08 bits per heavy atom. The van der Waals surface area contributed by atoms with E-state index in [4.69, 9.17) is 14.2 Å². The molecule has 0 aromatic heterocycles. The van der Waals surface area contributed by atoms with Crippen molar-refractivity contribution in [3.63, 3.8) is 0 Å². The van der Waals surface area contributed by atoms with Gasteiger partial charge < -0.3 is 19.5 Å². The summed E-state index contributed by atoms with van der Waals surface area (Å²) in [7, 11) is 1.62. The molecule has 1 heterocycles. The van der Waals surface area contributed by atoms with E-state index in [1.54, 1.807) is 25.3 Å². The van der Waals surface area contributed by atoms with Crippen molar-refractivity contribution in [3.8, 4) is 11.5 Å². The summed E-state index contributed by atoms with van der Waals surface area (Å²) in [5.74, 6) is 1.02. The molecule has 1 saturated heterocycles. The van der Waals surface area contributed by atoms with E-state index in [-0.39, 0.29) is 12.4 Å². The summed E-state index contributed by atoms with van der Waals surface area (Å²) in [6.07, 6.45) is 2.70. The van der Waals surface area contributed by atoms with E-state index >= 15 is 0 Å². The van der Waals surface area contributed by atoms with E-state index in [0.29, 0.717) is 23.2 Å². The lowest BCUT2D eigenvalue weighted by Crippen LogP contribution is -2.84. The number of ether oxygens (including phenoxy) is 3. The van der Waals surface area contributed by atoms with Crippen LogP contribution in [0.4, 0.5) is 4.39 Å². The molecule has 0 saturated carbocycles. The molecule has 2 aromatic rings. The molecule has 0 amide bonds. The first kappa shape index (κ1) is 17.7. The number of methoxy groups -OCH3 is 1. The Morgan fingerprint density at radius 3 is 2.84 bits per heavy atom. The zero-order chi connectivity index (χ0) is 17.5. The number of quaternary nitrogens is 1. The molecule has 3 rings (SSSR count). The van der Waals surface area contributed by atoms with Gasteiger partial charge in [-0.2, -0.15) is 0 Å². The fraction of sp³-hybridized carbons (Fsp3) is 0.400. The molecule has 1 atom stereocenters. The minimum atomic E-state index is -0.262. The summed E-state index contributed by atoms with van der Waals surface area (Å²) in [5.41, 5.74) is 1.69. The summed E-state index contributed by atoms with van der Waals surface area (Å²) in [6.45, 7) is 2.91. The van der Waals surface area contributed by atoms with Crippen LogP contribution in [-0.4, -0.2) is 26.4 Å². The van der Waals surface area contributed by atoms with Gasteiger partial charge in [0.1, 0.15) is 31.6 Å². The molecule has 2 aromatic carbocycles. The van der Waals surface area contributed by atoms with Crippen molar-refractivity contribution in [2.75, 3.05) is 20.3 Å². The molecule has 1 fully saturated rings. The molecule has 134 valence electrons. The van der Waals surface area contributed by atoms with Crippen LogP contribution in [0.25, 0.3) is 0 Å². The fourth-order valence-electron chi connectivity index (χ4n) is 3.00. The monoisotopic (exact) mass is 346 g/mol. The molecule has 0 spiro atoms. The maximum absolute atomic E-state index is 13.7. The third-order valence-corrected chi connectivity index (χ3v) is 4.40. The van der Waals surface area contributed by atoms with E-state index in [2.05, 4.69) is 5.32 Å². The van der Waals surface area contributed by atoms with Crippen LogP contribution in [0.15, 0.2) is 42.5 Å². The van der Waals surface area contributed by atoms with Crippen molar-refractivity contribution in [1.82, 2.24) is 0 Å². The molecule has 0 aliphatic carbocycles. The minimum absolute atomic E-state index is 0.174. The predicted molar refractivity (Wildman–Crippen MR) is 93.2 cm³/mol. The van der Waals surface area contributed by atoms with E-state index in [0.717, 1.165) is 31.7 Å². The van der Waals surface area contributed by atoms with Crippen LogP contribution in [-0.2, 0) is 17.9 Å². The molecule has 2 N–H and O–H groups in total. The molecule has 5 heteroatoms. The third-order valence-electron chi connectivity index (χ3n) is 4.40. The van der Waals surface area contributed by atoms with Gasteiger partial charge in [0.25, 0.3) is 0 Å². The summed E-state index contributed by atoms with van der Waals surface area (Å²) in [6, 6.07) is 12.5. The van der Waals surface area contributed by atoms with Gasteiger partial charge in [0.05, 0.1) is 7.11 Å². The van der Waals surface area contributed by atoms with Crippen LogP contribution in [0.1, 0.15) is 24.0 Å². The Bertz CT molecular complexity index is 686. The van der Waals surface area contributed by atoms with Gasteiger partial charge >= 0.3 is 0 Å². The van der Waals surface area contributed by atoms with Gasteiger partial charge in [-0.25, -0.2) is 4.39 Å².